The van der Waals surface area contributed by atoms with Gasteiger partial charge >= 0.3 is 0 Å². The summed E-state index contributed by atoms with van der Waals surface area (Å²) in [6.45, 7) is 16.5. The van der Waals surface area contributed by atoms with Crippen LogP contribution in [0.3, 0.4) is 0 Å². The number of unbranched alkanes of at least 4 members (excludes halogenated alkanes) is 1. The minimum Gasteiger partial charge on any atom is -0.355 e. The summed E-state index contributed by atoms with van der Waals surface area (Å²) in [7, 11) is 0. The van der Waals surface area contributed by atoms with E-state index in [0.29, 0.717) is 35.3 Å². The van der Waals surface area contributed by atoms with Crippen molar-refractivity contribution in [3.8, 4) is 0 Å². The summed E-state index contributed by atoms with van der Waals surface area (Å²) in [6.07, 6.45) is 5.13. The third-order valence-corrected chi connectivity index (χ3v) is 10.7. The van der Waals surface area contributed by atoms with Crippen molar-refractivity contribution in [3.05, 3.63) is 63.4 Å². The molecule has 2 saturated heterocycles. The molecule has 46 heavy (non-hydrogen) atoms. The van der Waals surface area contributed by atoms with Crippen molar-refractivity contribution in [2.45, 2.75) is 96.2 Å². The highest BCUT2D eigenvalue weighted by Gasteiger charge is 2.66. The van der Waals surface area contributed by atoms with Crippen molar-refractivity contribution in [2.75, 3.05) is 44.6 Å². The molecule has 3 aliphatic heterocycles. The van der Waals surface area contributed by atoms with Crippen molar-refractivity contribution in [2.24, 2.45) is 5.41 Å². The lowest BCUT2D eigenvalue weighted by Gasteiger charge is -2.38. The molecule has 0 saturated carbocycles. The SMILES string of the molecule is CCCCC(C)N1CCN(CCCNC(=O)C2NC(CC(C)(C)C)C3(C(=O)Nc4cc(Cl)ccc43)C2c2cccc(Cl)c2F)CC1. The largest absolute Gasteiger partial charge is 0.355 e. The quantitative estimate of drug-likeness (QED) is 0.235. The van der Waals surface area contributed by atoms with E-state index in [4.69, 9.17) is 23.2 Å². The number of piperazine rings is 1. The number of carbonyl (C=O) groups excluding carboxylic acids is 2. The predicted molar refractivity (Wildman–Crippen MR) is 185 cm³/mol. The first-order chi connectivity index (χ1) is 21.9. The van der Waals surface area contributed by atoms with E-state index in [1.807, 2.05) is 6.07 Å². The van der Waals surface area contributed by atoms with E-state index in [2.05, 4.69) is 60.4 Å². The van der Waals surface area contributed by atoms with E-state index in [9.17, 15) is 9.59 Å². The molecule has 252 valence electrons. The molecular formula is C36H50Cl2FN5O2. The van der Waals surface area contributed by atoms with Crippen LogP contribution in [0.5, 0.6) is 0 Å². The Balaban J connectivity index is 1.36. The van der Waals surface area contributed by atoms with Gasteiger partial charge in [-0.05, 0) is 67.5 Å². The van der Waals surface area contributed by atoms with Crippen molar-refractivity contribution < 1.29 is 14.0 Å². The molecule has 0 bridgehead atoms. The molecule has 2 fully saturated rings. The maximum absolute atomic E-state index is 16.0. The molecule has 0 radical (unpaired) electrons. The van der Waals surface area contributed by atoms with Gasteiger partial charge in [-0.2, -0.15) is 0 Å². The zero-order valence-electron chi connectivity index (χ0n) is 27.9. The number of fused-ring (bicyclic) bond motifs is 2. The normalized spacial score (nSPS) is 25.9. The van der Waals surface area contributed by atoms with Crippen molar-refractivity contribution in [1.82, 2.24) is 20.4 Å². The van der Waals surface area contributed by atoms with Gasteiger partial charge in [-0.25, -0.2) is 4.39 Å². The van der Waals surface area contributed by atoms with Crippen LogP contribution in [0.2, 0.25) is 10.0 Å². The van der Waals surface area contributed by atoms with Crippen LogP contribution in [-0.2, 0) is 15.0 Å². The predicted octanol–water partition coefficient (Wildman–Crippen LogP) is 6.59. The molecule has 0 aliphatic carbocycles. The molecule has 2 amide bonds. The van der Waals surface area contributed by atoms with Gasteiger partial charge in [0.2, 0.25) is 11.8 Å². The lowest BCUT2D eigenvalue weighted by molar-refractivity contribution is -0.123. The van der Waals surface area contributed by atoms with Crippen LogP contribution < -0.4 is 16.0 Å². The van der Waals surface area contributed by atoms with E-state index in [0.717, 1.165) is 39.1 Å². The zero-order valence-corrected chi connectivity index (χ0v) is 29.4. The minimum absolute atomic E-state index is 0.0410. The maximum Gasteiger partial charge on any atom is 0.237 e. The number of nitrogens with one attached hydrogen (secondary N) is 3. The average molecular weight is 675 g/mol. The first-order valence-corrected chi connectivity index (χ1v) is 17.7. The summed E-state index contributed by atoms with van der Waals surface area (Å²) >= 11 is 12.7. The molecule has 7 nitrogen and oxygen atoms in total. The van der Waals surface area contributed by atoms with Crippen LogP contribution in [0, 0.1) is 11.2 Å². The Morgan fingerprint density at radius 3 is 2.57 bits per heavy atom. The number of halogens is 3. The number of anilines is 1. The molecule has 5 rings (SSSR count). The maximum atomic E-state index is 16.0. The number of nitrogens with zero attached hydrogens (tertiary/aromatic N) is 2. The van der Waals surface area contributed by atoms with E-state index in [-0.39, 0.29) is 27.8 Å². The lowest BCUT2D eigenvalue weighted by Crippen LogP contribution is -2.50. The van der Waals surface area contributed by atoms with Crippen LogP contribution in [-0.4, -0.2) is 79.0 Å². The summed E-state index contributed by atoms with van der Waals surface area (Å²) in [5.41, 5.74) is 0.105. The molecule has 5 atom stereocenters. The molecular weight excluding hydrogens is 624 g/mol. The van der Waals surface area contributed by atoms with Crippen LogP contribution in [0.25, 0.3) is 0 Å². The Bertz CT molecular complexity index is 1410. The summed E-state index contributed by atoms with van der Waals surface area (Å²) in [5.74, 6) is -1.97. The van der Waals surface area contributed by atoms with Gasteiger partial charge in [0.1, 0.15) is 11.2 Å². The summed E-state index contributed by atoms with van der Waals surface area (Å²) in [4.78, 5) is 33.4. The molecule has 0 aromatic heterocycles. The third-order valence-electron chi connectivity index (χ3n) is 10.2. The number of amides is 2. The van der Waals surface area contributed by atoms with Crippen molar-refractivity contribution in [1.29, 1.82) is 0 Å². The first kappa shape index (κ1) is 35.1. The van der Waals surface area contributed by atoms with Gasteiger partial charge in [0.05, 0.1) is 11.1 Å². The molecule has 10 heteroatoms. The molecule has 3 N–H and O–H groups in total. The molecule has 3 aliphatic rings. The van der Waals surface area contributed by atoms with Gasteiger partial charge in [-0.3, -0.25) is 14.5 Å². The number of hydrogen-bond donors (Lipinski definition) is 3. The highest BCUT2D eigenvalue weighted by atomic mass is 35.5. The van der Waals surface area contributed by atoms with E-state index in [1.165, 1.54) is 25.3 Å². The Kier molecular flexibility index (Phi) is 11.1. The molecule has 1 spiro atoms. The van der Waals surface area contributed by atoms with E-state index < -0.39 is 29.2 Å². The van der Waals surface area contributed by atoms with Crippen molar-refractivity contribution >= 4 is 40.7 Å². The topological polar surface area (TPSA) is 76.7 Å². The Hall–Kier alpha value is -2.23. The first-order valence-electron chi connectivity index (χ1n) is 16.9. The highest BCUT2D eigenvalue weighted by Crippen LogP contribution is 2.57. The second kappa shape index (κ2) is 14.5. The number of benzene rings is 2. The van der Waals surface area contributed by atoms with Gasteiger partial charge < -0.3 is 20.9 Å². The molecule has 2 aromatic rings. The Morgan fingerprint density at radius 2 is 1.87 bits per heavy atom. The fourth-order valence-corrected chi connectivity index (χ4v) is 8.24. The van der Waals surface area contributed by atoms with Gasteiger partial charge in [0.25, 0.3) is 0 Å². The smallest absolute Gasteiger partial charge is 0.237 e. The average Bonchev–Trinajstić information content (AvgIpc) is 3.48. The van der Waals surface area contributed by atoms with Gasteiger partial charge in [0.15, 0.2) is 0 Å². The van der Waals surface area contributed by atoms with Crippen molar-refractivity contribution in [3.63, 3.8) is 0 Å². The van der Waals surface area contributed by atoms with Crippen LogP contribution in [0.1, 0.15) is 83.8 Å². The molecule has 3 heterocycles. The minimum atomic E-state index is -1.26. The standard InChI is InChI=1S/C36H50Cl2FN5O2/c1-6-7-10-23(2)44-19-17-43(18-20-44)16-9-15-40-33(45)32-30(25-11-8-12-27(38)31(25)39)36(29(42-32)22-35(3,4)5)26-14-13-24(37)21-28(26)41-34(36)46/h8,11-14,21,23,29-30,32,42H,6-7,9-10,15-20,22H2,1-5H3,(H,40,45)(H,41,46). The number of rotatable bonds is 11. The summed E-state index contributed by atoms with van der Waals surface area (Å²) < 4.78 is 16.0. The fourth-order valence-electron chi connectivity index (χ4n) is 7.89. The second-order valence-electron chi connectivity index (χ2n) is 14.6. The fraction of sp³-hybridized carbons (Fsp3) is 0.611. The van der Waals surface area contributed by atoms with E-state index in [1.54, 1.807) is 24.3 Å². The molecule has 5 unspecified atom stereocenters. The van der Waals surface area contributed by atoms with Gasteiger partial charge in [-0.15, -0.1) is 0 Å². The Morgan fingerprint density at radius 1 is 1.13 bits per heavy atom. The second-order valence-corrected chi connectivity index (χ2v) is 15.5. The zero-order chi connectivity index (χ0) is 33.2. The van der Waals surface area contributed by atoms with Crippen LogP contribution in [0.4, 0.5) is 10.1 Å². The monoisotopic (exact) mass is 673 g/mol. The highest BCUT2D eigenvalue weighted by molar-refractivity contribution is 6.31. The van der Waals surface area contributed by atoms with Crippen LogP contribution >= 0.6 is 23.2 Å². The summed E-state index contributed by atoms with van der Waals surface area (Å²) in [6, 6.07) is 9.45. The Labute approximate surface area is 283 Å². The van der Waals surface area contributed by atoms with Gasteiger partial charge in [0, 0.05) is 61.4 Å². The van der Waals surface area contributed by atoms with Gasteiger partial charge in [-0.1, -0.05) is 81.9 Å². The molecule has 2 aromatic carbocycles. The number of hydrogen-bond acceptors (Lipinski definition) is 5. The van der Waals surface area contributed by atoms with E-state index >= 15 is 4.39 Å². The van der Waals surface area contributed by atoms with Crippen LogP contribution in [0.15, 0.2) is 36.4 Å². The summed E-state index contributed by atoms with van der Waals surface area (Å²) in [5, 5.41) is 10.2. The lowest BCUT2D eigenvalue weighted by atomic mass is 9.62. The third kappa shape index (κ3) is 7.12. The number of carbonyl (C=O) groups is 2.